The molecule has 0 radical (unpaired) electrons. The molecule has 1 aliphatic rings. The number of anilines is 1. The lowest BCUT2D eigenvalue weighted by Crippen LogP contribution is -2.48. The molecule has 1 fully saturated rings. The maximum atomic E-state index is 13.3. The third-order valence-electron chi connectivity index (χ3n) is 7.87. The molecule has 1 saturated heterocycles. The van der Waals surface area contributed by atoms with Gasteiger partial charge in [0.1, 0.15) is 0 Å². The number of ether oxygens (including phenoxy) is 2. The molecule has 0 spiro atoms. The van der Waals surface area contributed by atoms with E-state index in [-0.39, 0.29) is 11.8 Å². The zero-order valence-corrected chi connectivity index (χ0v) is 26.8. The number of nitrogens with zero attached hydrogens (tertiary/aromatic N) is 2. The van der Waals surface area contributed by atoms with E-state index < -0.39 is 10.0 Å². The molecule has 0 bridgehead atoms. The highest BCUT2D eigenvalue weighted by Gasteiger charge is 2.28. The molecule has 5 rings (SSSR count). The van der Waals surface area contributed by atoms with Crippen LogP contribution in [0.5, 0.6) is 11.5 Å². The first kappa shape index (κ1) is 32.7. The number of hydrogen-bond acceptors (Lipinski definition) is 7. The predicted molar refractivity (Wildman–Crippen MR) is 177 cm³/mol. The minimum absolute atomic E-state index is 0.293. The summed E-state index contributed by atoms with van der Waals surface area (Å²) >= 11 is 0. The van der Waals surface area contributed by atoms with Crippen molar-refractivity contribution >= 4 is 27.5 Å². The van der Waals surface area contributed by atoms with Crippen molar-refractivity contribution in [2.75, 3.05) is 52.3 Å². The number of sulfonamides is 1. The molecule has 11 heteroatoms. The van der Waals surface area contributed by atoms with Gasteiger partial charge in [0.15, 0.2) is 11.5 Å². The van der Waals surface area contributed by atoms with Gasteiger partial charge in [-0.15, -0.1) is 0 Å². The highest BCUT2D eigenvalue weighted by molar-refractivity contribution is 7.89. The summed E-state index contributed by atoms with van der Waals surface area (Å²) in [4.78, 5) is 28.8. The number of rotatable bonds is 12. The molecule has 0 unspecified atom stereocenters. The molecule has 2 amide bonds. The van der Waals surface area contributed by atoms with Crippen molar-refractivity contribution in [3.63, 3.8) is 0 Å². The highest BCUT2D eigenvalue weighted by Crippen LogP contribution is 2.27. The van der Waals surface area contributed by atoms with Crippen LogP contribution in [0, 0.1) is 0 Å². The van der Waals surface area contributed by atoms with E-state index in [9.17, 15) is 18.0 Å². The van der Waals surface area contributed by atoms with Gasteiger partial charge in [0.2, 0.25) is 10.0 Å². The zero-order valence-electron chi connectivity index (χ0n) is 25.9. The standard InChI is InChI=1S/C35H38N4O6S/c1-44-32-16-15-26(24-33(32)45-2)17-18-36-35(41)30-13-6-7-14-31(30)37-34(40)28-10-8-9-27(23-28)25-38-19-21-39(22-20-38)46(42,43)29-11-4-3-5-12-29/h3-16,23-24H,17-22,25H2,1-2H3,(H,36,41)(H,37,40). The molecule has 4 aromatic carbocycles. The monoisotopic (exact) mass is 642 g/mol. The Bertz CT molecular complexity index is 1770. The quantitative estimate of drug-likeness (QED) is 0.235. The van der Waals surface area contributed by atoms with Crippen LogP contribution in [0.1, 0.15) is 31.8 Å². The van der Waals surface area contributed by atoms with Crippen molar-refractivity contribution < 1.29 is 27.5 Å². The first-order chi connectivity index (χ1) is 22.3. The molecule has 1 heterocycles. The van der Waals surface area contributed by atoms with Gasteiger partial charge in [-0.05, 0) is 66.1 Å². The highest BCUT2D eigenvalue weighted by atomic mass is 32.2. The van der Waals surface area contributed by atoms with E-state index in [1.54, 1.807) is 74.9 Å². The van der Waals surface area contributed by atoms with Crippen molar-refractivity contribution in [1.82, 2.24) is 14.5 Å². The Balaban J connectivity index is 1.16. The average Bonchev–Trinajstić information content (AvgIpc) is 3.09. The number of nitrogens with one attached hydrogen (secondary N) is 2. The fourth-order valence-corrected chi connectivity index (χ4v) is 6.82. The van der Waals surface area contributed by atoms with Crippen molar-refractivity contribution in [3.05, 3.63) is 119 Å². The van der Waals surface area contributed by atoms with Crippen LogP contribution >= 0.6 is 0 Å². The minimum Gasteiger partial charge on any atom is -0.493 e. The molecule has 240 valence electrons. The van der Waals surface area contributed by atoms with Crippen LogP contribution in [0.3, 0.4) is 0 Å². The third-order valence-corrected chi connectivity index (χ3v) is 9.79. The van der Waals surface area contributed by atoms with Crippen molar-refractivity contribution in [2.45, 2.75) is 17.9 Å². The third kappa shape index (κ3) is 7.92. The predicted octanol–water partition coefficient (Wildman–Crippen LogP) is 4.44. The number of piperazine rings is 1. The van der Waals surface area contributed by atoms with Gasteiger partial charge in [0.25, 0.3) is 11.8 Å². The van der Waals surface area contributed by atoms with Crippen LogP contribution in [0.25, 0.3) is 0 Å². The van der Waals surface area contributed by atoms with Crippen molar-refractivity contribution in [3.8, 4) is 11.5 Å². The Hall–Kier alpha value is -4.71. The molecule has 2 N–H and O–H groups in total. The fraction of sp³-hybridized carbons (Fsp3) is 0.257. The van der Waals surface area contributed by atoms with E-state index in [0.717, 1.165) is 11.1 Å². The molecule has 46 heavy (non-hydrogen) atoms. The number of methoxy groups -OCH3 is 2. The summed E-state index contributed by atoms with van der Waals surface area (Å²) < 4.78 is 38.1. The number of carbonyl (C=O) groups excluding carboxylic acids is 2. The van der Waals surface area contributed by atoms with Gasteiger partial charge < -0.3 is 20.1 Å². The first-order valence-electron chi connectivity index (χ1n) is 15.0. The van der Waals surface area contributed by atoms with E-state index in [0.29, 0.717) is 78.9 Å². The van der Waals surface area contributed by atoms with Gasteiger partial charge in [-0.25, -0.2) is 8.42 Å². The van der Waals surface area contributed by atoms with Crippen LogP contribution < -0.4 is 20.1 Å². The van der Waals surface area contributed by atoms with Crippen LogP contribution in [0.2, 0.25) is 0 Å². The lowest BCUT2D eigenvalue weighted by atomic mass is 10.1. The summed E-state index contributed by atoms with van der Waals surface area (Å²) in [6.45, 7) is 2.92. The Morgan fingerprint density at radius 3 is 2.20 bits per heavy atom. The summed E-state index contributed by atoms with van der Waals surface area (Å²) in [7, 11) is -0.361. The number of para-hydroxylation sites is 1. The van der Waals surface area contributed by atoms with E-state index in [4.69, 9.17) is 9.47 Å². The maximum absolute atomic E-state index is 13.3. The van der Waals surface area contributed by atoms with Gasteiger partial charge in [0, 0.05) is 44.8 Å². The maximum Gasteiger partial charge on any atom is 0.255 e. The Kier molecular flexibility index (Phi) is 10.7. The molecule has 0 saturated carbocycles. The first-order valence-corrected chi connectivity index (χ1v) is 16.5. The number of carbonyl (C=O) groups is 2. The zero-order chi connectivity index (χ0) is 32.5. The Morgan fingerprint density at radius 2 is 1.46 bits per heavy atom. The fourth-order valence-electron chi connectivity index (χ4n) is 5.37. The molecule has 4 aromatic rings. The molecular weight excluding hydrogens is 604 g/mol. The number of hydrogen-bond donors (Lipinski definition) is 2. The molecular formula is C35H38N4O6S. The smallest absolute Gasteiger partial charge is 0.255 e. The van der Waals surface area contributed by atoms with Gasteiger partial charge in [-0.1, -0.05) is 48.5 Å². The van der Waals surface area contributed by atoms with Gasteiger partial charge in [0.05, 0.1) is 30.4 Å². The molecule has 10 nitrogen and oxygen atoms in total. The second kappa shape index (κ2) is 15.0. The molecule has 0 aromatic heterocycles. The Labute approximate surface area is 270 Å². The second-order valence-electron chi connectivity index (χ2n) is 10.9. The number of benzene rings is 4. The summed E-state index contributed by atoms with van der Waals surface area (Å²) in [5, 5.41) is 5.83. The lowest BCUT2D eigenvalue weighted by molar-refractivity contribution is 0.0955. The van der Waals surface area contributed by atoms with Crippen molar-refractivity contribution in [2.24, 2.45) is 0 Å². The minimum atomic E-state index is -3.52. The van der Waals surface area contributed by atoms with E-state index >= 15 is 0 Å². The molecule has 0 aliphatic carbocycles. The van der Waals surface area contributed by atoms with Gasteiger partial charge in [-0.2, -0.15) is 4.31 Å². The largest absolute Gasteiger partial charge is 0.493 e. The van der Waals surface area contributed by atoms with E-state index in [1.807, 2.05) is 36.4 Å². The summed E-state index contributed by atoms with van der Waals surface area (Å²) in [5.41, 5.74) is 3.16. The van der Waals surface area contributed by atoms with Gasteiger partial charge >= 0.3 is 0 Å². The topological polar surface area (TPSA) is 117 Å². The Morgan fingerprint density at radius 1 is 0.739 bits per heavy atom. The van der Waals surface area contributed by atoms with E-state index in [2.05, 4.69) is 15.5 Å². The SMILES string of the molecule is COc1ccc(CCNC(=O)c2ccccc2NC(=O)c2cccc(CN3CCN(S(=O)(=O)c4ccccc4)CC3)c2)cc1OC. The summed E-state index contributed by atoms with van der Waals surface area (Å²) in [5.74, 6) is 0.644. The van der Waals surface area contributed by atoms with Crippen LogP contribution in [-0.4, -0.2) is 76.4 Å². The number of amides is 2. The average molecular weight is 643 g/mol. The van der Waals surface area contributed by atoms with E-state index in [1.165, 1.54) is 4.31 Å². The second-order valence-corrected chi connectivity index (χ2v) is 12.8. The lowest BCUT2D eigenvalue weighted by Gasteiger charge is -2.34. The van der Waals surface area contributed by atoms with Crippen LogP contribution in [-0.2, 0) is 23.0 Å². The molecule has 1 aliphatic heterocycles. The van der Waals surface area contributed by atoms with Crippen LogP contribution in [0.4, 0.5) is 5.69 Å². The summed E-state index contributed by atoms with van der Waals surface area (Å²) in [6, 6.07) is 28.3. The molecule has 0 atom stereocenters. The van der Waals surface area contributed by atoms with Crippen molar-refractivity contribution in [1.29, 1.82) is 0 Å². The normalized spacial score (nSPS) is 14.0. The summed E-state index contributed by atoms with van der Waals surface area (Å²) in [6.07, 6.45) is 0.589. The van der Waals surface area contributed by atoms with Gasteiger partial charge in [-0.3, -0.25) is 14.5 Å². The van der Waals surface area contributed by atoms with Crippen LogP contribution in [0.15, 0.2) is 102 Å².